The van der Waals surface area contributed by atoms with Gasteiger partial charge in [0.25, 0.3) is 0 Å². The Labute approximate surface area is 169 Å². The maximum atomic E-state index is 5.12. The second-order valence-electron chi connectivity index (χ2n) is 6.90. The number of hydrogen-bond donors (Lipinski definition) is 2. The fraction of sp³-hybridized carbons (Fsp3) is 0.435. The van der Waals surface area contributed by atoms with E-state index in [2.05, 4.69) is 88.2 Å². The summed E-state index contributed by atoms with van der Waals surface area (Å²) in [5.74, 6) is 1.12. The molecule has 0 aromatic heterocycles. The highest BCUT2D eigenvalue weighted by molar-refractivity contribution is 5.79. The molecule has 0 radical (unpaired) electrons. The molecule has 0 aliphatic carbocycles. The molecule has 0 heterocycles. The van der Waals surface area contributed by atoms with Crippen molar-refractivity contribution in [2.24, 2.45) is 4.99 Å². The van der Waals surface area contributed by atoms with Crippen molar-refractivity contribution in [1.29, 1.82) is 0 Å². The molecule has 2 aromatic carbocycles. The molecule has 2 N–H and O–H groups in total. The predicted octanol–water partition coefficient (Wildman–Crippen LogP) is 2.95. The molecular weight excluding hydrogens is 348 g/mol. The number of ether oxygens (including phenoxy) is 1. The summed E-state index contributed by atoms with van der Waals surface area (Å²) in [7, 11) is 5.68. The molecule has 0 saturated heterocycles. The quantitative estimate of drug-likeness (QED) is 0.356. The molecule has 28 heavy (non-hydrogen) atoms. The maximum Gasteiger partial charge on any atom is 0.191 e. The Morgan fingerprint density at radius 3 is 2.11 bits per heavy atom. The van der Waals surface area contributed by atoms with Gasteiger partial charge in [-0.3, -0.25) is 4.99 Å². The first-order valence-corrected chi connectivity index (χ1v) is 9.96. The molecule has 152 valence electrons. The second-order valence-corrected chi connectivity index (χ2v) is 6.90. The van der Waals surface area contributed by atoms with Crippen LogP contribution in [-0.2, 0) is 4.74 Å². The van der Waals surface area contributed by atoms with E-state index in [1.54, 1.807) is 7.11 Å². The molecule has 2 rings (SSSR count). The smallest absolute Gasteiger partial charge is 0.191 e. The Kier molecular flexibility index (Phi) is 10.1. The highest BCUT2D eigenvalue weighted by atomic mass is 16.5. The van der Waals surface area contributed by atoms with E-state index in [0.29, 0.717) is 0 Å². The minimum Gasteiger partial charge on any atom is -0.383 e. The van der Waals surface area contributed by atoms with Gasteiger partial charge in [0.1, 0.15) is 0 Å². The summed E-state index contributed by atoms with van der Waals surface area (Å²) in [6.45, 7) is 4.44. The molecule has 0 atom stereocenters. The van der Waals surface area contributed by atoms with E-state index in [1.165, 1.54) is 11.1 Å². The highest BCUT2D eigenvalue weighted by Gasteiger charge is 2.14. The number of hydrogen-bond acceptors (Lipinski definition) is 3. The molecule has 5 heteroatoms. The summed E-state index contributed by atoms with van der Waals surface area (Å²) in [5.41, 5.74) is 2.60. The number of likely N-dealkylation sites (N-methyl/N-ethyl adjacent to an activating group) is 1. The summed E-state index contributed by atoms with van der Waals surface area (Å²) in [6.07, 6.45) is 1.06. The fourth-order valence-corrected chi connectivity index (χ4v) is 3.13. The van der Waals surface area contributed by atoms with Gasteiger partial charge in [0, 0.05) is 39.7 Å². The van der Waals surface area contributed by atoms with Gasteiger partial charge in [-0.25, -0.2) is 0 Å². The molecule has 0 spiro atoms. The first-order valence-electron chi connectivity index (χ1n) is 9.96. The Bertz CT molecular complexity index is 636. The van der Waals surface area contributed by atoms with Gasteiger partial charge >= 0.3 is 0 Å². The SMILES string of the molecule is CN=C(NCCCN(C)CCOC)NCC(c1ccccc1)c1ccccc1. The third kappa shape index (κ3) is 7.71. The van der Waals surface area contributed by atoms with Crippen molar-refractivity contribution in [1.82, 2.24) is 15.5 Å². The molecule has 0 unspecified atom stereocenters. The monoisotopic (exact) mass is 382 g/mol. The van der Waals surface area contributed by atoms with Crippen molar-refractivity contribution >= 4 is 5.96 Å². The average molecular weight is 383 g/mol. The lowest BCUT2D eigenvalue weighted by atomic mass is 9.91. The van der Waals surface area contributed by atoms with Crippen LogP contribution in [0.2, 0.25) is 0 Å². The van der Waals surface area contributed by atoms with Crippen LogP contribution >= 0.6 is 0 Å². The minimum absolute atomic E-state index is 0.279. The number of aliphatic imine (C=N–C) groups is 1. The van der Waals surface area contributed by atoms with E-state index < -0.39 is 0 Å². The zero-order valence-electron chi connectivity index (χ0n) is 17.4. The Morgan fingerprint density at radius 2 is 1.57 bits per heavy atom. The summed E-state index contributed by atoms with van der Waals surface area (Å²) in [5, 5.41) is 6.91. The molecule has 0 saturated carbocycles. The first-order chi connectivity index (χ1) is 13.7. The van der Waals surface area contributed by atoms with Crippen LogP contribution in [0.15, 0.2) is 65.7 Å². The zero-order chi connectivity index (χ0) is 20.0. The molecule has 0 fully saturated rings. The number of nitrogens with one attached hydrogen (secondary N) is 2. The van der Waals surface area contributed by atoms with Crippen molar-refractivity contribution in [3.63, 3.8) is 0 Å². The molecule has 2 aromatic rings. The number of benzene rings is 2. The standard InChI is InChI=1S/C23H34N4O/c1-24-23(25-15-10-16-27(2)17-18-28-3)26-19-22(20-11-6-4-7-12-20)21-13-8-5-9-14-21/h4-9,11-14,22H,10,15-19H2,1-3H3,(H2,24,25,26). The van der Waals surface area contributed by atoms with Crippen LogP contribution in [-0.4, -0.2) is 64.9 Å². The number of methoxy groups -OCH3 is 1. The van der Waals surface area contributed by atoms with E-state index >= 15 is 0 Å². The van der Waals surface area contributed by atoms with Crippen LogP contribution in [0.25, 0.3) is 0 Å². The Balaban J connectivity index is 1.85. The minimum atomic E-state index is 0.279. The van der Waals surface area contributed by atoms with Crippen LogP contribution in [0.4, 0.5) is 0 Å². The van der Waals surface area contributed by atoms with Crippen molar-refractivity contribution < 1.29 is 4.74 Å². The molecule has 0 aliphatic rings. The number of guanidine groups is 1. The van der Waals surface area contributed by atoms with E-state index in [1.807, 2.05) is 7.05 Å². The molecule has 5 nitrogen and oxygen atoms in total. The molecular formula is C23H34N4O. The van der Waals surface area contributed by atoms with Gasteiger partial charge in [0.2, 0.25) is 0 Å². The van der Waals surface area contributed by atoms with Crippen molar-refractivity contribution in [3.8, 4) is 0 Å². The lowest BCUT2D eigenvalue weighted by molar-refractivity contribution is 0.161. The van der Waals surface area contributed by atoms with Gasteiger partial charge < -0.3 is 20.3 Å². The van der Waals surface area contributed by atoms with E-state index in [4.69, 9.17) is 4.74 Å². The number of rotatable bonds is 11. The van der Waals surface area contributed by atoms with Crippen LogP contribution in [0.5, 0.6) is 0 Å². The van der Waals surface area contributed by atoms with Crippen LogP contribution < -0.4 is 10.6 Å². The van der Waals surface area contributed by atoms with Gasteiger partial charge in [-0.1, -0.05) is 60.7 Å². The van der Waals surface area contributed by atoms with Gasteiger partial charge in [-0.05, 0) is 31.1 Å². The molecule has 0 bridgehead atoms. The van der Waals surface area contributed by atoms with E-state index in [9.17, 15) is 0 Å². The lowest BCUT2D eigenvalue weighted by Crippen LogP contribution is -2.40. The normalized spacial score (nSPS) is 11.8. The second kappa shape index (κ2) is 12.9. The number of nitrogens with zero attached hydrogens (tertiary/aromatic N) is 2. The van der Waals surface area contributed by atoms with Gasteiger partial charge in [-0.15, -0.1) is 0 Å². The van der Waals surface area contributed by atoms with Crippen LogP contribution in [0.3, 0.4) is 0 Å². The predicted molar refractivity (Wildman–Crippen MR) is 118 cm³/mol. The third-order valence-electron chi connectivity index (χ3n) is 4.79. The highest BCUT2D eigenvalue weighted by Crippen LogP contribution is 2.23. The van der Waals surface area contributed by atoms with Crippen molar-refractivity contribution in [3.05, 3.63) is 71.8 Å². The first kappa shape index (κ1) is 21.9. The van der Waals surface area contributed by atoms with E-state index in [0.717, 1.165) is 45.2 Å². The van der Waals surface area contributed by atoms with Gasteiger partial charge in [0.05, 0.1) is 6.61 Å². The van der Waals surface area contributed by atoms with Crippen molar-refractivity contribution in [2.75, 3.05) is 54.0 Å². The lowest BCUT2D eigenvalue weighted by Gasteiger charge is -2.21. The summed E-state index contributed by atoms with van der Waals surface area (Å²) < 4.78 is 5.12. The summed E-state index contributed by atoms with van der Waals surface area (Å²) in [6, 6.07) is 21.2. The average Bonchev–Trinajstić information content (AvgIpc) is 2.75. The summed E-state index contributed by atoms with van der Waals surface area (Å²) >= 11 is 0. The Morgan fingerprint density at radius 1 is 0.964 bits per heavy atom. The van der Waals surface area contributed by atoms with Gasteiger partial charge in [-0.2, -0.15) is 0 Å². The van der Waals surface area contributed by atoms with Crippen molar-refractivity contribution in [2.45, 2.75) is 12.3 Å². The molecule has 0 aliphatic heterocycles. The van der Waals surface area contributed by atoms with Crippen LogP contribution in [0.1, 0.15) is 23.5 Å². The van der Waals surface area contributed by atoms with Gasteiger partial charge in [0.15, 0.2) is 5.96 Å². The van der Waals surface area contributed by atoms with Crippen LogP contribution in [0, 0.1) is 0 Å². The topological polar surface area (TPSA) is 48.9 Å². The fourth-order valence-electron chi connectivity index (χ4n) is 3.13. The largest absolute Gasteiger partial charge is 0.383 e. The Hall–Kier alpha value is -2.37. The van der Waals surface area contributed by atoms with E-state index in [-0.39, 0.29) is 5.92 Å². The zero-order valence-corrected chi connectivity index (χ0v) is 17.4. The third-order valence-corrected chi connectivity index (χ3v) is 4.79. The summed E-state index contributed by atoms with van der Waals surface area (Å²) in [4.78, 5) is 6.65. The molecule has 0 amide bonds. The maximum absolute atomic E-state index is 5.12.